The molecule has 0 amide bonds. The van der Waals surface area contributed by atoms with Crippen molar-refractivity contribution >= 4 is 6.08 Å². The van der Waals surface area contributed by atoms with Crippen molar-refractivity contribution in [3.05, 3.63) is 70.8 Å². The van der Waals surface area contributed by atoms with Crippen LogP contribution in [0.5, 0.6) is 5.75 Å². The molecule has 0 bridgehead atoms. The van der Waals surface area contributed by atoms with Gasteiger partial charge in [-0.2, -0.15) is 0 Å². The van der Waals surface area contributed by atoms with Crippen molar-refractivity contribution in [3.63, 3.8) is 0 Å². The largest absolute Gasteiger partial charge is 0.497 e. The van der Waals surface area contributed by atoms with Crippen LogP contribution in [-0.4, -0.2) is 43.4 Å². The Kier molecular flexibility index (Phi) is 7.15. The van der Waals surface area contributed by atoms with Crippen LogP contribution in [0.3, 0.4) is 0 Å². The molecule has 3 heteroatoms. The van der Waals surface area contributed by atoms with E-state index in [0.717, 1.165) is 49.1 Å². The lowest BCUT2D eigenvalue weighted by atomic mass is 9.74. The highest BCUT2D eigenvalue weighted by Gasteiger charge is 2.41. The predicted octanol–water partition coefficient (Wildman–Crippen LogP) is 5.11. The monoisotopic (exact) mass is 393 g/mol. The minimum absolute atomic E-state index is 0.206. The molecule has 2 aromatic rings. The number of rotatable bonds is 6. The molecule has 29 heavy (non-hydrogen) atoms. The van der Waals surface area contributed by atoms with Gasteiger partial charge in [0.1, 0.15) is 5.75 Å². The van der Waals surface area contributed by atoms with Crippen LogP contribution in [0.4, 0.5) is 0 Å². The molecule has 2 unspecified atom stereocenters. The van der Waals surface area contributed by atoms with Crippen LogP contribution < -0.4 is 4.74 Å². The molecule has 1 aliphatic carbocycles. The van der Waals surface area contributed by atoms with Crippen LogP contribution in [-0.2, 0) is 6.42 Å². The van der Waals surface area contributed by atoms with Gasteiger partial charge in [-0.15, -0.1) is 0 Å². The first-order valence-corrected chi connectivity index (χ1v) is 10.7. The number of hydrogen-bond donors (Lipinski definition) is 1. The molecule has 0 heterocycles. The highest BCUT2D eigenvalue weighted by atomic mass is 16.5. The van der Waals surface area contributed by atoms with E-state index in [1.807, 2.05) is 18.2 Å². The van der Waals surface area contributed by atoms with Crippen LogP contribution in [0, 0.1) is 12.8 Å². The number of benzene rings is 2. The molecule has 0 saturated heterocycles. The Balaban J connectivity index is 2.04. The van der Waals surface area contributed by atoms with Gasteiger partial charge >= 0.3 is 0 Å². The molecule has 1 saturated carbocycles. The smallest absolute Gasteiger partial charge is 0.119 e. The normalized spacial score (nSPS) is 23.9. The van der Waals surface area contributed by atoms with Gasteiger partial charge < -0.3 is 14.7 Å². The third-order valence-electron chi connectivity index (χ3n) is 6.06. The molecule has 3 rings (SSSR count). The van der Waals surface area contributed by atoms with Gasteiger partial charge in [0.05, 0.1) is 12.7 Å². The molecule has 0 radical (unpaired) electrons. The van der Waals surface area contributed by atoms with Crippen molar-refractivity contribution in [1.82, 2.24) is 4.90 Å². The van der Waals surface area contributed by atoms with Gasteiger partial charge in [0.2, 0.25) is 0 Å². The predicted molar refractivity (Wildman–Crippen MR) is 121 cm³/mol. The van der Waals surface area contributed by atoms with Gasteiger partial charge in [-0.05, 0) is 69.1 Å². The summed E-state index contributed by atoms with van der Waals surface area (Å²) < 4.78 is 5.40. The molecule has 0 spiro atoms. The average Bonchev–Trinajstić information content (AvgIpc) is 2.82. The van der Waals surface area contributed by atoms with Gasteiger partial charge in [-0.3, -0.25) is 0 Å². The summed E-state index contributed by atoms with van der Waals surface area (Å²) in [5.74, 6) is 1.05. The zero-order chi connectivity index (χ0) is 20.9. The number of hydrogen-bond acceptors (Lipinski definition) is 3. The quantitative estimate of drug-likeness (QED) is 0.692. The Labute approximate surface area is 176 Å². The molecule has 0 aromatic heterocycles. The van der Waals surface area contributed by atoms with Crippen molar-refractivity contribution < 1.29 is 9.84 Å². The Morgan fingerprint density at radius 2 is 1.93 bits per heavy atom. The van der Waals surface area contributed by atoms with E-state index >= 15 is 0 Å². The summed E-state index contributed by atoms with van der Waals surface area (Å²) in [5, 5.41) is 12.2. The van der Waals surface area contributed by atoms with Gasteiger partial charge in [0.25, 0.3) is 0 Å². The summed E-state index contributed by atoms with van der Waals surface area (Å²) in [5.41, 5.74) is 3.83. The Bertz CT molecular complexity index is 842. The van der Waals surface area contributed by atoms with E-state index in [0.29, 0.717) is 6.42 Å². The van der Waals surface area contributed by atoms with E-state index in [9.17, 15) is 5.11 Å². The van der Waals surface area contributed by atoms with E-state index in [1.54, 1.807) is 7.11 Å². The van der Waals surface area contributed by atoms with Gasteiger partial charge in [-0.25, -0.2) is 0 Å². The molecule has 0 aliphatic heterocycles. The topological polar surface area (TPSA) is 32.7 Å². The van der Waals surface area contributed by atoms with Gasteiger partial charge in [0, 0.05) is 18.9 Å². The Hall–Kier alpha value is -2.10. The lowest BCUT2D eigenvalue weighted by molar-refractivity contribution is 0.00516. The van der Waals surface area contributed by atoms with Crippen LogP contribution >= 0.6 is 0 Å². The highest BCUT2D eigenvalue weighted by molar-refractivity contribution is 5.57. The van der Waals surface area contributed by atoms with E-state index in [1.165, 1.54) is 11.1 Å². The van der Waals surface area contributed by atoms with Gasteiger partial charge in [-0.1, -0.05) is 54.5 Å². The molecule has 1 N–H and O–H groups in total. The summed E-state index contributed by atoms with van der Waals surface area (Å²) in [6, 6.07) is 16.7. The summed E-state index contributed by atoms with van der Waals surface area (Å²) in [4.78, 5) is 2.21. The molecule has 1 aliphatic rings. The lowest BCUT2D eigenvalue weighted by Crippen LogP contribution is -2.45. The summed E-state index contributed by atoms with van der Waals surface area (Å²) >= 11 is 0. The Morgan fingerprint density at radius 1 is 1.14 bits per heavy atom. The zero-order valence-corrected chi connectivity index (χ0v) is 18.3. The van der Waals surface area contributed by atoms with Crippen LogP contribution in [0.1, 0.15) is 42.4 Å². The summed E-state index contributed by atoms with van der Waals surface area (Å²) in [7, 11) is 5.89. The molecule has 2 aromatic carbocycles. The van der Waals surface area contributed by atoms with E-state index in [2.05, 4.69) is 62.3 Å². The third kappa shape index (κ3) is 5.49. The van der Waals surface area contributed by atoms with Crippen molar-refractivity contribution in [1.29, 1.82) is 0 Å². The second-order valence-corrected chi connectivity index (χ2v) is 8.74. The van der Waals surface area contributed by atoms with Crippen molar-refractivity contribution in [3.8, 4) is 5.75 Å². The molecular formula is C26H35NO2. The SMILES string of the molecule is COc1cccc(/C=C2\CCCCC(CN(C)C)C2(O)Cc2cccc(C)c2)c1. The number of aliphatic hydroxyl groups is 1. The maximum Gasteiger partial charge on any atom is 0.119 e. The minimum Gasteiger partial charge on any atom is -0.497 e. The first kappa shape index (κ1) is 21.6. The standard InChI is InChI=1S/C26H35NO2/c1-20-9-7-11-22(15-20)18-26(28)23(12-5-6-13-24(26)19-27(2)3)16-21-10-8-14-25(17-21)29-4/h7-11,14-17,24,28H,5-6,12-13,18-19H2,1-4H3/b23-16+. The third-order valence-corrected chi connectivity index (χ3v) is 6.06. The molecule has 2 atom stereocenters. The first-order valence-electron chi connectivity index (χ1n) is 10.7. The highest BCUT2D eigenvalue weighted by Crippen LogP contribution is 2.40. The fraction of sp³-hybridized carbons (Fsp3) is 0.462. The van der Waals surface area contributed by atoms with Crippen LogP contribution in [0.2, 0.25) is 0 Å². The van der Waals surface area contributed by atoms with E-state index < -0.39 is 5.60 Å². The first-order chi connectivity index (χ1) is 13.9. The molecule has 3 nitrogen and oxygen atoms in total. The number of aryl methyl sites for hydroxylation is 1. The molecule has 156 valence electrons. The van der Waals surface area contributed by atoms with Crippen molar-refractivity contribution in [2.24, 2.45) is 5.92 Å². The Morgan fingerprint density at radius 3 is 2.66 bits per heavy atom. The van der Waals surface area contributed by atoms with Crippen molar-refractivity contribution in [2.75, 3.05) is 27.7 Å². The minimum atomic E-state index is -0.850. The number of ether oxygens (including phenoxy) is 1. The molecule has 1 fully saturated rings. The second-order valence-electron chi connectivity index (χ2n) is 8.74. The fourth-order valence-electron chi connectivity index (χ4n) is 4.63. The molecular weight excluding hydrogens is 358 g/mol. The van der Waals surface area contributed by atoms with Crippen molar-refractivity contribution in [2.45, 2.75) is 44.6 Å². The maximum absolute atomic E-state index is 12.2. The van der Waals surface area contributed by atoms with Crippen LogP contribution in [0.25, 0.3) is 6.08 Å². The van der Waals surface area contributed by atoms with Gasteiger partial charge in [0.15, 0.2) is 0 Å². The van der Waals surface area contributed by atoms with E-state index in [4.69, 9.17) is 4.74 Å². The number of methoxy groups -OCH3 is 1. The average molecular weight is 394 g/mol. The second kappa shape index (κ2) is 9.60. The zero-order valence-electron chi connectivity index (χ0n) is 18.3. The lowest BCUT2D eigenvalue weighted by Gasteiger charge is -2.39. The summed E-state index contributed by atoms with van der Waals surface area (Å²) in [6.45, 7) is 3.00. The summed E-state index contributed by atoms with van der Waals surface area (Å²) in [6.07, 6.45) is 7.12. The number of nitrogens with zero attached hydrogens (tertiary/aromatic N) is 1. The fourth-order valence-corrected chi connectivity index (χ4v) is 4.63. The maximum atomic E-state index is 12.2. The van der Waals surface area contributed by atoms with E-state index in [-0.39, 0.29) is 5.92 Å². The van der Waals surface area contributed by atoms with Crippen LogP contribution in [0.15, 0.2) is 54.1 Å².